The van der Waals surface area contributed by atoms with Crippen molar-refractivity contribution in [2.75, 3.05) is 14.2 Å². The molecule has 0 aromatic rings. The van der Waals surface area contributed by atoms with E-state index in [0.717, 1.165) is 9.84 Å². The molecule has 0 aromatic carbocycles. The van der Waals surface area contributed by atoms with Crippen LogP contribution in [0.2, 0.25) is 0 Å². The fourth-order valence-electron chi connectivity index (χ4n) is 2.07. The van der Waals surface area contributed by atoms with Crippen molar-refractivity contribution in [1.29, 1.82) is 0 Å². The zero-order valence-electron chi connectivity index (χ0n) is 9.63. The number of methoxy groups -OCH3 is 2. The van der Waals surface area contributed by atoms with E-state index in [9.17, 15) is 0 Å². The first-order chi connectivity index (χ1) is 6.67. The molecule has 0 radical (unpaired) electrons. The molecule has 3 heteroatoms. The third kappa shape index (κ3) is 3.66. The molecule has 0 aliphatic heterocycles. The van der Waals surface area contributed by atoms with Gasteiger partial charge in [-0.05, 0) is 0 Å². The molecule has 4 atom stereocenters. The maximum absolute atomic E-state index is 5.46. The van der Waals surface area contributed by atoms with Gasteiger partial charge in [0.25, 0.3) is 0 Å². The molecular weight excluding hydrogens is 291 g/mol. The summed E-state index contributed by atoms with van der Waals surface area (Å²) in [5, 5.41) is 0. The average Bonchev–Trinajstić information content (AvgIpc) is 2.18. The van der Waals surface area contributed by atoms with E-state index in [4.69, 9.17) is 9.47 Å². The zero-order chi connectivity index (χ0) is 10.6. The Balaban J connectivity index is 2.31. The molecular formula is C11H22IO2-. The monoisotopic (exact) mass is 313 g/mol. The van der Waals surface area contributed by atoms with Gasteiger partial charge in [0.05, 0.1) is 0 Å². The Labute approximate surface area is 98.0 Å². The second kappa shape index (κ2) is 6.28. The number of rotatable bonds is 4. The first-order valence-corrected chi connectivity index (χ1v) is 7.84. The first-order valence-electron chi connectivity index (χ1n) is 5.35. The third-order valence-corrected chi connectivity index (χ3v) is 6.68. The van der Waals surface area contributed by atoms with Gasteiger partial charge in [-0.25, -0.2) is 0 Å². The predicted molar refractivity (Wildman–Crippen MR) is 54.1 cm³/mol. The van der Waals surface area contributed by atoms with Gasteiger partial charge >= 0.3 is 98.1 Å². The quantitative estimate of drug-likeness (QED) is 0.503. The summed E-state index contributed by atoms with van der Waals surface area (Å²) in [6.45, 7) is 4.53. The molecule has 1 rings (SSSR count). The van der Waals surface area contributed by atoms with Crippen LogP contribution in [0.5, 0.6) is 0 Å². The van der Waals surface area contributed by atoms with Crippen LogP contribution in [0.25, 0.3) is 0 Å². The van der Waals surface area contributed by atoms with Crippen molar-refractivity contribution in [3.8, 4) is 0 Å². The van der Waals surface area contributed by atoms with E-state index in [1.165, 1.54) is 19.3 Å². The Morgan fingerprint density at radius 3 is 2.50 bits per heavy atom. The van der Waals surface area contributed by atoms with Crippen LogP contribution >= 0.6 is 0 Å². The van der Waals surface area contributed by atoms with Crippen molar-refractivity contribution >= 4 is 0 Å². The van der Waals surface area contributed by atoms with Crippen LogP contribution in [0.15, 0.2) is 0 Å². The van der Waals surface area contributed by atoms with E-state index in [-0.39, 0.29) is 21.2 Å². The van der Waals surface area contributed by atoms with Crippen molar-refractivity contribution < 1.29 is 30.7 Å². The van der Waals surface area contributed by atoms with Gasteiger partial charge in [0, 0.05) is 0 Å². The van der Waals surface area contributed by atoms with Crippen LogP contribution in [-0.2, 0) is 9.47 Å². The molecule has 86 valence electrons. The van der Waals surface area contributed by atoms with Crippen molar-refractivity contribution in [1.82, 2.24) is 0 Å². The number of hydrogen-bond acceptors (Lipinski definition) is 2. The van der Waals surface area contributed by atoms with Crippen LogP contribution in [0.4, 0.5) is 0 Å². The van der Waals surface area contributed by atoms with Gasteiger partial charge in [0.2, 0.25) is 0 Å². The molecule has 0 N–H and O–H groups in total. The molecule has 1 saturated carbocycles. The Kier molecular flexibility index (Phi) is 5.71. The number of ether oxygens (including phenoxy) is 2. The molecule has 0 amide bonds. The van der Waals surface area contributed by atoms with E-state index >= 15 is 0 Å². The van der Waals surface area contributed by atoms with E-state index in [2.05, 4.69) is 13.8 Å². The molecule has 0 aromatic heterocycles. The molecule has 0 bridgehead atoms. The van der Waals surface area contributed by atoms with Crippen LogP contribution < -0.4 is 21.2 Å². The van der Waals surface area contributed by atoms with Gasteiger partial charge < -0.3 is 0 Å². The van der Waals surface area contributed by atoms with Gasteiger partial charge in [-0.2, -0.15) is 0 Å². The predicted octanol–water partition coefficient (Wildman–Crippen LogP) is -0.729. The summed E-state index contributed by atoms with van der Waals surface area (Å²) in [6, 6.07) is 0. The summed E-state index contributed by atoms with van der Waals surface area (Å²) in [7, 11) is 3.67. The number of halogens is 1. The van der Waals surface area contributed by atoms with Crippen molar-refractivity contribution in [2.45, 2.75) is 47.2 Å². The fraction of sp³-hybridized carbons (Fsp3) is 1.00. The van der Waals surface area contributed by atoms with Crippen molar-refractivity contribution in [3.05, 3.63) is 0 Å². The van der Waals surface area contributed by atoms with Crippen molar-refractivity contribution in [3.63, 3.8) is 0 Å². The minimum absolute atomic E-state index is 0.211. The maximum atomic E-state index is 5.46. The van der Waals surface area contributed by atoms with Crippen LogP contribution in [-0.4, -0.2) is 28.4 Å². The Morgan fingerprint density at radius 1 is 1.29 bits per heavy atom. The summed E-state index contributed by atoms with van der Waals surface area (Å²) in [5.41, 5.74) is 0. The molecule has 1 aliphatic rings. The van der Waals surface area contributed by atoms with Gasteiger partial charge in [0.15, 0.2) is 0 Å². The Morgan fingerprint density at radius 2 is 2.00 bits per heavy atom. The second-order valence-electron chi connectivity index (χ2n) is 4.07. The minimum atomic E-state index is 0.211. The second-order valence-corrected chi connectivity index (χ2v) is 8.30. The SMILES string of the molecule is COC(C)[I-]C1CCC(OC)C(C)C1. The molecule has 14 heavy (non-hydrogen) atoms. The molecule has 1 fully saturated rings. The number of hydrogen-bond donors (Lipinski definition) is 0. The molecule has 1 aliphatic carbocycles. The average molecular weight is 313 g/mol. The van der Waals surface area contributed by atoms with Crippen molar-refractivity contribution in [2.24, 2.45) is 5.92 Å². The summed E-state index contributed by atoms with van der Waals surface area (Å²) in [5.74, 6) is 0.738. The topological polar surface area (TPSA) is 18.5 Å². The van der Waals surface area contributed by atoms with Gasteiger partial charge in [-0.3, -0.25) is 0 Å². The van der Waals surface area contributed by atoms with Gasteiger partial charge in [0.1, 0.15) is 0 Å². The Bertz CT molecular complexity index is 163. The van der Waals surface area contributed by atoms with Gasteiger partial charge in [-0.1, -0.05) is 0 Å². The summed E-state index contributed by atoms with van der Waals surface area (Å²) >= 11 is 0.211. The van der Waals surface area contributed by atoms with E-state index in [1.807, 2.05) is 14.2 Å². The zero-order valence-corrected chi connectivity index (χ0v) is 11.8. The van der Waals surface area contributed by atoms with Crippen LogP contribution in [0.3, 0.4) is 0 Å². The molecule has 0 saturated heterocycles. The first kappa shape index (κ1) is 12.7. The molecule has 0 spiro atoms. The van der Waals surface area contributed by atoms with Crippen LogP contribution in [0, 0.1) is 5.92 Å². The fourth-order valence-corrected chi connectivity index (χ4v) is 5.61. The summed E-state index contributed by atoms with van der Waals surface area (Å²) in [4.78, 5) is 0. The number of alkyl halides is 2. The Hall–Kier alpha value is 0.650. The van der Waals surface area contributed by atoms with Gasteiger partial charge in [-0.15, -0.1) is 0 Å². The van der Waals surface area contributed by atoms with E-state index in [0.29, 0.717) is 10.2 Å². The molecule has 2 nitrogen and oxygen atoms in total. The molecule has 4 unspecified atom stereocenters. The normalized spacial score (nSPS) is 35.9. The van der Waals surface area contributed by atoms with E-state index in [1.54, 1.807) is 0 Å². The standard InChI is InChI=1S/C11H22IO2/c1-8-7-10(12-9(2)13-3)5-6-11(8)14-4/h8-11H,5-7H2,1-4H3/q-1. The summed E-state index contributed by atoms with van der Waals surface area (Å²) < 4.78 is 12.3. The summed E-state index contributed by atoms with van der Waals surface area (Å²) in [6.07, 6.45) is 4.45. The molecule has 0 heterocycles. The van der Waals surface area contributed by atoms with Crippen LogP contribution in [0.1, 0.15) is 33.1 Å². The third-order valence-electron chi connectivity index (χ3n) is 3.01. The van der Waals surface area contributed by atoms with E-state index < -0.39 is 0 Å².